The van der Waals surface area contributed by atoms with Crippen LogP contribution in [0.3, 0.4) is 0 Å². The van der Waals surface area contributed by atoms with Gasteiger partial charge in [-0.15, -0.1) is 0 Å². The number of hydrogen-bond donors (Lipinski definition) is 1. The van der Waals surface area contributed by atoms with E-state index in [0.29, 0.717) is 0 Å². The average Bonchev–Trinajstić information content (AvgIpc) is 2.30. The Kier molecular flexibility index (Phi) is 6.34. The summed E-state index contributed by atoms with van der Waals surface area (Å²) in [7, 11) is 0. The summed E-state index contributed by atoms with van der Waals surface area (Å²) in [6, 6.07) is 0. The topological polar surface area (TPSA) is 45.8 Å². The molecule has 1 rings (SSSR count). The average molecular weight is 254 g/mol. The molecule has 0 bridgehead atoms. The summed E-state index contributed by atoms with van der Waals surface area (Å²) in [6.07, 6.45) is 5.36. The van der Waals surface area contributed by atoms with E-state index in [-0.39, 0.29) is 5.56 Å². The first-order valence-corrected chi connectivity index (χ1v) is 7.40. The molecule has 0 saturated carbocycles. The van der Waals surface area contributed by atoms with Crippen LogP contribution in [0.5, 0.6) is 0 Å². The lowest BCUT2D eigenvalue weighted by Crippen LogP contribution is -2.17. The van der Waals surface area contributed by atoms with Crippen LogP contribution in [0.2, 0.25) is 0 Å². The molecule has 1 aromatic heterocycles. The summed E-state index contributed by atoms with van der Waals surface area (Å²) in [5.41, 5.74) is 1.80. The Morgan fingerprint density at radius 1 is 1.24 bits per heavy atom. The van der Waals surface area contributed by atoms with Gasteiger partial charge in [-0.2, -0.15) is 0 Å². The highest BCUT2D eigenvalue weighted by Gasteiger charge is 2.07. The molecule has 0 unspecified atom stereocenters. The lowest BCUT2D eigenvalue weighted by molar-refractivity contribution is 0.701. The zero-order chi connectivity index (χ0) is 12.7. The third kappa shape index (κ3) is 4.54. The number of H-pyrrole nitrogens is 1. The lowest BCUT2D eigenvalue weighted by atomic mass is 10.1. The zero-order valence-corrected chi connectivity index (χ0v) is 11.8. The van der Waals surface area contributed by atoms with Gasteiger partial charge < -0.3 is 4.98 Å². The highest BCUT2D eigenvalue weighted by atomic mass is 32.2. The minimum Gasteiger partial charge on any atom is -0.301 e. The Labute approximate surface area is 107 Å². The maximum absolute atomic E-state index is 11.9. The standard InChI is InChI=1S/C13H22N2OS/c1-4-6-7-8-11-10(3)14-13(15-12(11)16)17-9-5-2/h4-9H2,1-3H3,(H,14,15,16). The molecule has 1 N–H and O–H groups in total. The molecule has 0 aromatic carbocycles. The second-order valence-corrected chi connectivity index (χ2v) is 5.32. The number of aryl methyl sites for hydroxylation is 1. The van der Waals surface area contributed by atoms with Gasteiger partial charge in [0.1, 0.15) is 0 Å². The van der Waals surface area contributed by atoms with Gasteiger partial charge in [-0.3, -0.25) is 4.79 Å². The van der Waals surface area contributed by atoms with Gasteiger partial charge in [0.15, 0.2) is 5.16 Å². The van der Waals surface area contributed by atoms with Crippen molar-refractivity contribution < 1.29 is 0 Å². The van der Waals surface area contributed by atoms with Crippen LogP contribution >= 0.6 is 11.8 Å². The van der Waals surface area contributed by atoms with E-state index in [1.54, 1.807) is 11.8 Å². The SMILES string of the molecule is CCCCCc1c(C)nc(SCCC)[nH]c1=O. The van der Waals surface area contributed by atoms with Gasteiger partial charge in [-0.1, -0.05) is 38.5 Å². The number of hydrogen-bond acceptors (Lipinski definition) is 3. The monoisotopic (exact) mass is 254 g/mol. The summed E-state index contributed by atoms with van der Waals surface area (Å²) in [6.45, 7) is 6.23. The van der Waals surface area contributed by atoms with E-state index in [1.807, 2.05) is 6.92 Å². The van der Waals surface area contributed by atoms with E-state index in [4.69, 9.17) is 0 Å². The van der Waals surface area contributed by atoms with E-state index in [0.717, 1.165) is 41.4 Å². The van der Waals surface area contributed by atoms with Crippen molar-refractivity contribution in [3.63, 3.8) is 0 Å². The first-order valence-electron chi connectivity index (χ1n) is 6.41. The Bertz CT molecular complexity index is 401. The molecular formula is C13H22N2OS. The first-order chi connectivity index (χ1) is 8.19. The molecule has 1 heterocycles. The molecule has 0 aliphatic heterocycles. The van der Waals surface area contributed by atoms with E-state index < -0.39 is 0 Å². The largest absolute Gasteiger partial charge is 0.301 e. The quantitative estimate of drug-likeness (QED) is 0.461. The van der Waals surface area contributed by atoms with Gasteiger partial charge in [-0.25, -0.2) is 4.98 Å². The number of nitrogens with one attached hydrogen (secondary N) is 1. The molecule has 17 heavy (non-hydrogen) atoms. The molecule has 4 heteroatoms. The Morgan fingerprint density at radius 2 is 2.00 bits per heavy atom. The maximum atomic E-state index is 11.9. The number of thioether (sulfide) groups is 1. The highest BCUT2D eigenvalue weighted by Crippen LogP contribution is 2.14. The van der Waals surface area contributed by atoms with Crippen molar-refractivity contribution in [2.75, 3.05) is 5.75 Å². The zero-order valence-electron chi connectivity index (χ0n) is 11.0. The number of aromatic amines is 1. The van der Waals surface area contributed by atoms with Gasteiger partial charge in [0.2, 0.25) is 0 Å². The molecular weight excluding hydrogens is 232 g/mol. The molecule has 0 saturated heterocycles. The van der Waals surface area contributed by atoms with Crippen LogP contribution in [0.15, 0.2) is 9.95 Å². The molecule has 96 valence electrons. The number of aromatic nitrogens is 2. The minimum atomic E-state index is 0.0483. The minimum absolute atomic E-state index is 0.0483. The van der Waals surface area contributed by atoms with Crippen molar-refractivity contribution in [2.45, 2.75) is 58.0 Å². The highest BCUT2D eigenvalue weighted by molar-refractivity contribution is 7.99. The predicted octanol–water partition coefficient (Wildman–Crippen LogP) is 3.31. The molecule has 0 aliphatic rings. The van der Waals surface area contributed by atoms with E-state index >= 15 is 0 Å². The number of nitrogens with zero attached hydrogens (tertiary/aromatic N) is 1. The fourth-order valence-corrected chi connectivity index (χ4v) is 2.46. The Balaban J connectivity index is 2.75. The smallest absolute Gasteiger partial charge is 0.254 e. The summed E-state index contributed by atoms with van der Waals surface area (Å²) >= 11 is 1.62. The van der Waals surface area contributed by atoms with Crippen molar-refractivity contribution in [1.29, 1.82) is 0 Å². The van der Waals surface area contributed by atoms with Crippen molar-refractivity contribution in [1.82, 2.24) is 9.97 Å². The number of rotatable bonds is 7. The van der Waals surface area contributed by atoms with Gasteiger partial charge in [0, 0.05) is 17.0 Å². The molecule has 0 radical (unpaired) electrons. The first kappa shape index (κ1) is 14.3. The van der Waals surface area contributed by atoms with Crippen molar-refractivity contribution >= 4 is 11.8 Å². The molecule has 1 aromatic rings. The van der Waals surface area contributed by atoms with E-state index in [9.17, 15) is 4.79 Å². The van der Waals surface area contributed by atoms with Crippen molar-refractivity contribution in [3.8, 4) is 0 Å². The van der Waals surface area contributed by atoms with Crippen LogP contribution in [0.1, 0.15) is 50.8 Å². The summed E-state index contributed by atoms with van der Waals surface area (Å²) in [5, 5.41) is 0.758. The normalized spacial score (nSPS) is 10.8. The fraction of sp³-hybridized carbons (Fsp3) is 0.692. The van der Waals surface area contributed by atoms with Crippen LogP contribution in [0.4, 0.5) is 0 Å². The van der Waals surface area contributed by atoms with Crippen LogP contribution in [-0.2, 0) is 6.42 Å². The van der Waals surface area contributed by atoms with Crippen LogP contribution in [-0.4, -0.2) is 15.7 Å². The lowest BCUT2D eigenvalue weighted by Gasteiger charge is -2.06. The van der Waals surface area contributed by atoms with Gasteiger partial charge >= 0.3 is 0 Å². The predicted molar refractivity (Wildman–Crippen MR) is 73.8 cm³/mol. The molecule has 0 spiro atoms. The molecule has 0 atom stereocenters. The second kappa shape index (κ2) is 7.54. The third-order valence-corrected chi connectivity index (χ3v) is 3.75. The fourth-order valence-electron chi connectivity index (χ4n) is 1.70. The van der Waals surface area contributed by atoms with Crippen molar-refractivity contribution in [3.05, 3.63) is 21.6 Å². The summed E-state index contributed by atoms with van der Waals surface area (Å²) in [5.74, 6) is 0.998. The van der Waals surface area contributed by atoms with Crippen LogP contribution in [0.25, 0.3) is 0 Å². The third-order valence-electron chi connectivity index (χ3n) is 2.67. The van der Waals surface area contributed by atoms with E-state index in [2.05, 4.69) is 23.8 Å². The maximum Gasteiger partial charge on any atom is 0.254 e. The molecule has 0 aliphatic carbocycles. The van der Waals surface area contributed by atoms with Gasteiger partial charge in [0.05, 0.1) is 0 Å². The second-order valence-electron chi connectivity index (χ2n) is 4.24. The van der Waals surface area contributed by atoms with Gasteiger partial charge in [-0.05, 0) is 26.2 Å². The van der Waals surface area contributed by atoms with Crippen molar-refractivity contribution in [2.24, 2.45) is 0 Å². The van der Waals surface area contributed by atoms with Gasteiger partial charge in [0.25, 0.3) is 5.56 Å². The summed E-state index contributed by atoms with van der Waals surface area (Å²) < 4.78 is 0. The van der Waals surface area contributed by atoms with Crippen LogP contribution < -0.4 is 5.56 Å². The molecule has 0 amide bonds. The molecule has 3 nitrogen and oxygen atoms in total. The Hall–Kier alpha value is -0.770. The van der Waals surface area contributed by atoms with Crippen LogP contribution in [0, 0.1) is 6.92 Å². The molecule has 0 fully saturated rings. The van der Waals surface area contributed by atoms with E-state index in [1.165, 1.54) is 12.8 Å². The Morgan fingerprint density at radius 3 is 2.59 bits per heavy atom. The number of unbranched alkanes of at least 4 members (excludes halogenated alkanes) is 2. The summed E-state index contributed by atoms with van der Waals surface area (Å²) in [4.78, 5) is 19.2.